The molecule has 15 heavy (non-hydrogen) atoms. The van der Waals surface area contributed by atoms with Gasteiger partial charge in [0.25, 0.3) is 0 Å². The van der Waals surface area contributed by atoms with Crippen molar-refractivity contribution in [2.24, 2.45) is 5.41 Å². The standard InChI is InChI=1S/C8H10ClN3O3/c1-8(4-15-5-8)3-11-7(12(13)14)2-6(9)10-11/h2H,3-5H2,1H3. The summed E-state index contributed by atoms with van der Waals surface area (Å²) >= 11 is 5.63. The molecule has 0 unspecified atom stereocenters. The molecular weight excluding hydrogens is 222 g/mol. The highest BCUT2D eigenvalue weighted by Crippen LogP contribution is 2.30. The predicted octanol–water partition coefficient (Wildman–Crippen LogP) is 1.48. The Bertz CT molecular complexity index is 400. The van der Waals surface area contributed by atoms with Gasteiger partial charge in [0.1, 0.15) is 6.54 Å². The fourth-order valence-corrected chi connectivity index (χ4v) is 1.73. The Balaban J connectivity index is 2.23. The van der Waals surface area contributed by atoms with Gasteiger partial charge in [0.2, 0.25) is 0 Å². The minimum atomic E-state index is -0.484. The fraction of sp³-hybridized carbons (Fsp3) is 0.625. The van der Waals surface area contributed by atoms with E-state index in [1.165, 1.54) is 10.7 Å². The normalized spacial score (nSPS) is 18.5. The molecule has 0 aliphatic carbocycles. The molecule has 1 aromatic heterocycles. The van der Waals surface area contributed by atoms with Gasteiger partial charge in [0.05, 0.1) is 24.7 Å². The number of halogens is 1. The molecule has 0 aromatic carbocycles. The summed E-state index contributed by atoms with van der Waals surface area (Å²) in [5.74, 6) is -0.0758. The smallest absolute Gasteiger partial charge is 0.346 e. The highest BCUT2D eigenvalue weighted by atomic mass is 35.5. The number of nitro groups is 1. The lowest BCUT2D eigenvalue weighted by atomic mass is 9.89. The number of nitrogens with zero attached hydrogens (tertiary/aromatic N) is 3. The van der Waals surface area contributed by atoms with Gasteiger partial charge in [-0.2, -0.15) is 0 Å². The second-order valence-electron chi connectivity index (χ2n) is 4.04. The predicted molar refractivity (Wildman–Crippen MR) is 52.8 cm³/mol. The molecular formula is C8H10ClN3O3. The van der Waals surface area contributed by atoms with E-state index in [4.69, 9.17) is 16.3 Å². The van der Waals surface area contributed by atoms with Crippen LogP contribution in [0.15, 0.2) is 6.07 Å². The highest BCUT2D eigenvalue weighted by Gasteiger charge is 2.38. The Kier molecular flexibility index (Phi) is 2.40. The quantitative estimate of drug-likeness (QED) is 0.584. The van der Waals surface area contributed by atoms with Crippen LogP contribution in [-0.2, 0) is 11.3 Å². The lowest BCUT2D eigenvalue weighted by Crippen LogP contribution is -2.43. The maximum absolute atomic E-state index is 10.7. The Hall–Kier alpha value is -1.14. The molecule has 0 N–H and O–H groups in total. The molecule has 1 aliphatic heterocycles. The molecule has 6 nitrogen and oxygen atoms in total. The van der Waals surface area contributed by atoms with Gasteiger partial charge in [-0.3, -0.25) is 0 Å². The summed E-state index contributed by atoms with van der Waals surface area (Å²) in [5.41, 5.74) is -0.0693. The molecule has 1 aliphatic rings. The summed E-state index contributed by atoms with van der Waals surface area (Å²) in [7, 11) is 0. The lowest BCUT2D eigenvalue weighted by Gasteiger charge is -2.35. The van der Waals surface area contributed by atoms with E-state index in [1.54, 1.807) is 0 Å². The zero-order valence-corrected chi connectivity index (χ0v) is 8.90. The molecule has 0 radical (unpaired) electrons. The first-order chi connectivity index (χ1) is 7.00. The van der Waals surface area contributed by atoms with Crippen molar-refractivity contribution in [3.05, 3.63) is 21.3 Å². The van der Waals surface area contributed by atoms with Crippen molar-refractivity contribution in [3.8, 4) is 0 Å². The Morgan fingerprint density at radius 2 is 2.47 bits per heavy atom. The Labute approximate surface area is 90.9 Å². The number of aromatic nitrogens is 2. The largest absolute Gasteiger partial charge is 0.380 e. The zero-order chi connectivity index (χ0) is 11.1. The van der Waals surface area contributed by atoms with Gasteiger partial charge in [0.15, 0.2) is 5.15 Å². The van der Waals surface area contributed by atoms with Gasteiger partial charge < -0.3 is 14.9 Å². The van der Waals surface area contributed by atoms with Crippen LogP contribution in [-0.4, -0.2) is 27.9 Å². The third-order valence-electron chi connectivity index (χ3n) is 2.35. The van der Waals surface area contributed by atoms with Crippen LogP contribution in [0.3, 0.4) is 0 Å². The molecule has 1 fully saturated rings. The SMILES string of the molecule is CC1(Cn2nc(Cl)cc2[N+](=O)[O-])COC1. The van der Waals surface area contributed by atoms with Crippen LogP contribution < -0.4 is 0 Å². The van der Waals surface area contributed by atoms with E-state index >= 15 is 0 Å². The summed E-state index contributed by atoms with van der Waals surface area (Å²) < 4.78 is 6.40. The second-order valence-corrected chi connectivity index (χ2v) is 4.43. The van der Waals surface area contributed by atoms with Crippen LogP contribution in [0.2, 0.25) is 5.15 Å². The maximum Gasteiger partial charge on any atom is 0.346 e. The van der Waals surface area contributed by atoms with Gasteiger partial charge >= 0.3 is 5.82 Å². The van der Waals surface area contributed by atoms with Crippen molar-refractivity contribution >= 4 is 17.4 Å². The molecule has 0 bridgehead atoms. The van der Waals surface area contributed by atoms with Crippen molar-refractivity contribution in [1.82, 2.24) is 9.78 Å². The summed E-state index contributed by atoms with van der Waals surface area (Å²) in [6, 6.07) is 1.25. The average Bonchev–Trinajstić information content (AvgIpc) is 2.44. The summed E-state index contributed by atoms with van der Waals surface area (Å²) in [5, 5.41) is 14.7. The van der Waals surface area contributed by atoms with Crippen molar-refractivity contribution < 1.29 is 9.66 Å². The first kappa shape index (κ1) is 10.4. The Morgan fingerprint density at radius 1 is 1.80 bits per heavy atom. The van der Waals surface area contributed by atoms with Crippen molar-refractivity contribution in [3.63, 3.8) is 0 Å². The molecule has 0 amide bonds. The van der Waals surface area contributed by atoms with E-state index in [1.807, 2.05) is 6.92 Å². The van der Waals surface area contributed by atoms with E-state index in [0.717, 1.165) is 0 Å². The molecule has 82 valence electrons. The van der Waals surface area contributed by atoms with E-state index in [0.29, 0.717) is 19.8 Å². The first-order valence-electron chi connectivity index (χ1n) is 4.46. The van der Waals surface area contributed by atoms with Gasteiger partial charge in [-0.25, -0.2) is 0 Å². The number of rotatable bonds is 3. The number of hydrogen-bond acceptors (Lipinski definition) is 4. The molecule has 0 saturated carbocycles. The topological polar surface area (TPSA) is 70.2 Å². The van der Waals surface area contributed by atoms with Crippen LogP contribution in [0.1, 0.15) is 6.92 Å². The third-order valence-corrected chi connectivity index (χ3v) is 2.53. The third kappa shape index (κ3) is 1.95. The van der Waals surface area contributed by atoms with Crippen LogP contribution >= 0.6 is 11.6 Å². The molecule has 1 saturated heterocycles. The van der Waals surface area contributed by atoms with Gasteiger partial charge in [0, 0.05) is 0 Å². The van der Waals surface area contributed by atoms with E-state index in [9.17, 15) is 10.1 Å². The lowest BCUT2D eigenvalue weighted by molar-refractivity contribution is -0.393. The van der Waals surface area contributed by atoms with E-state index in [2.05, 4.69) is 5.10 Å². The molecule has 2 heterocycles. The van der Waals surface area contributed by atoms with Crippen molar-refractivity contribution in [2.75, 3.05) is 13.2 Å². The molecule has 2 rings (SSSR count). The molecule has 0 atom stereocenters. The zero-order valence-electron chi connectivity index (χ0n) is 8.14. The van der Waals surface area contributed by atoms with Crippen LogP contribution in [0.4, 0.5) is 5.82 Å². The highest BCUT2D eigenvalue weighted by molar-refractivity contribution is 6.29. The summed E-state index contributed by atoms with van der Waals surface area (Å²) in [6.07, 6.45) is 0. The second kappa shape index (κ2) is 3.46. The van der Waals surface area contributed by atoms with Gasteiger partial charge in [-0.1, -0.05) is 23.6 Å². The molecule has 1 aromatic rings. The number of ether oxygens (including phenoxy) is 1. The fourth-order valence-electron chi connectivity index (χ4n) is 1.54. The molecule has 7 heteroatoms. The maximum atomic E-state index is 10.7. The number of hydrogen-bond donors (Lipinski definition) is 0. The van der Waals surface area contributed by atoms with Crippen LogP contribution in [0, 0.1) is 15.5 Å². The summed E-state index contributed by atoms with van der Waals surface area (Å²) in [6.45, 7) is 3.65. The minimum Gasteiger partial charge on any atom is -0.380 e. The van der Waals surface area contributed by atoms with Gasteiger partial charge in [-0.15, -0.1) is 4.68 Å². The van der Waals surface area contributed by atoms with Crippen molar-refractivity contribution in [1.29, 1.82) is 0 Å². The van der Waals surface area contributed by atoms with Gasteiger partial charge in [-0.05, 0) is 4.92 Å². The average molecular weight is 232 g/mol. The minimum absolute atomic E-state index is 0.0693. The van der Waals surface area contributed by atoms with Crippen LogP contribution in [0.25, 0.3) is 0 Å². The molecule has 0 spiro atoms. The van der Waals surface area contributed by atoms with E-state index < -0.39 is 4.92 Å². The monoisotopic (exact) mass is 231 g/mol. The Morgan fingerprint density at radius 3 is 2.93 bits per heavy atom. The van der Waals surface area contributed by atoms with Crippen molar-refractivity contribution in [2.45, 2.75) is 13.5 Å². The van der Waals surface area contributed by atoms with E-state index in [-0.39, 0.29) is 16.4 Å². The van der Waals surface area contributed by atoms with Crippen LogP contribution in [0.5, 0.6) is 0 Å². The first-order valence-corrected chi connectivity index (χ1v) is 4.83. The summed E-state index contributed by atoms with van der Waals surface area (Å²) in [4.78, 5) is 10.2.